The minimum absolute atomic E-state index is 0.717. The van der Waals surface area contributed by atoms with Crippen molar-refractivity contribution in [2.75, 3.05) is 14.2 Å². The first kappa shape index (κ1) is 15.6. The number of aryl methyl sites for hydroxylation is 1. The van der Waals surface area contributed by atoms with Crippen LogP contribution in [0.4, 0.5) is 0 Å². The second kappa shape index (κ2) is 6.84. The summed E-state index contributed by atoms with van der Waals surface area (Å²) < 4.78 is 10.9. The molecular formula is C19H19NO2S. The van der Waals surface area contributed by atoms with Crippen LogP contribution < -0.4 is 9.47 Å². The number of rotatable bonds is 5. The molecule has 1 heterocycles. The van der Waals surface area contributed by atoms with Gasteiger partial charge in [-0.15, -0.1) is 11.3 Å². The number of benzene rings is 2. The SMILES string of the molecule is CCc1ccc(-c2csc(-c3cccc(OC)c3OC)n2)cc1. The highest BCUT2D eigenvalue weighted by molar-refractivity contribution is 7.13. The second-order valence-corrected chi connectivity index (χ2v) is 5.99. The lowest BCUT2D eigenvalue weighted by Crippen LogP contribution is -1.92. The van der Waals surface area contributed by atoms with Gasteiger partial charge in [0.25, 0.3) is 0 Å². The first-order valence-corrected chi connectivity index (χ1v) is 8.41. The molecule has 3 nitrogen and oxygen atoms in total. The van der Waals surface area contributed by atoms with Gasteiger partial charge in [0.15, 0.2) is 11.5 Å². The number of methoxy groups -OCH3 is 2. The second-order valence-electron chi connectivity index (χ2n) is 5.13. The highest BCUT2D eigenvalue weighted by Gasteiger charge is 2.15. The Morgan fingerprint density at radius 3 is 2.43 bits per heavy atom. The molecule has 23 heavy (non-hydrogen) atoms. The molecule has 0 saturated carbocycles. The Bertz CT molecular complexity index is 793. The third-order valence-corrected chi connectivity index (χ3v) is 4.67. The topological polar surface area (TPSA) is 31.4 Å². The summed E-state index contributed by atoms with van der Waals surface area (Å²) in [6.45, 7) is 2.16. The average molecular weight is 325 g/mol. The van der Waals surface area contributed by atoms with Crippen LogP contribution in [0.3, 0.4) is 0 Å². The third-order valence-electron chi connectivity index (χ3n) is 3.80. The normalized spacial score (nSPS) is 10.6. The predicted octanol–water partition coefficient (Wildman–Crippen LogP) is 5.06. The fourth-order valence-electron chi connectivity index (χ4n) is 2.50. The zero-order valence-corrected chi connectivity index (χ0v) is 14.3. The Morgan fingerprint density at radius 1 is 1.00 bits per heavy atom. The highest BCUT2D eigenvalue weighted by Crippen LogP contribution is 2.40. The standard InChI is InChI=1S/C19H19NO2S/c1-4-13-8-10-14(11-9-13)16-12-23-19(20-16)15-6-5-7-17(21-2)18(15)22-3/h5-12H,4H2,1-3H3. The number of para-hydroxylation sites is 1. The number of hydrogen-bond donors (Lipinski definition) is 0. The van der Waals surface area contributed by atoms with Crippen molar-refractivity contribution < 1.29 is 9.47 Å². The molecule has 0 bridgehead atoms. The Kier molecular flexibility index (Phi) is 4.63. The Labute approximate surface area is 140 Å². The van der Waals surface area contributed by atoms with Crippen molar-refractivity contribution in [2.24, 2.45) is 0 Å². The quantitative estimate of drug-likeness (QED) is 0.657. The van der Waals surface area contributed by atoms with Crippen LogP contribution in [-0.2, 0) is 6.42 Å². The molecule has 0 fully saturated rings. The van der Waals surface area contributed by atoms with Crippen LogP contribution in [0.2, 0.25) is 0 Å². The van der Waals surface area contributed by atoms with E-state index in [1.54, 1.807) is 25.6 Å². The molecule has 3 rings (SSSR count). The van der Waals surface area contributed by atoms with E-state index in [-0.39, 0.29) is 0 Å². The summed E-state index contributed by atoms with van der Waals surface area (Å²) in [5.41, 5.74) is 4.40. The lowest BCUT2D eigenvalue weighted by atomic mass is 10.1. The molecule has 3 aromatic rings. The molecule has 0 amide bonds. The first-order valence-electron chi connectivity index (χ1n) is 7.53. The van der Waals surface area contributed by atoms with Crippen LogP contribution in [0.1, 0.15) is 12.5 Å². The highest BCUT2D eigenvalue weighted by atomic mass is 32.1. The van der Waals surface area contributed by atoms with Crippen molar-refractivity contribution in [3.63, 3.8) is 0 Å². The van der Waals surface area contributed by atoms with Crippen molar-refractivity contribution in [3.8, 4) is 33.3 Å². The monoisotopic (exact) mass is 325 g/mol. The van der Waals surface area contributed by atoms with Crippen molar-refractivity contribution >= 4 is 11.3 Å². The molecule has 0 spiro atoms. The maximum Gasteiger partial charge on any atom is 0.170 e. The van der Waals surface area contributed by atoms with Crippen molar-refractivity contribution in [3.05, 3.63) is 53.4 Å². The number of thiazole rings is 1. The van der Waals surface area contributed by atoms with Gasteiger partial charge in [0.1, 0.15) is 5.01 Å². The number of nitrogens with zero attached hydrogens (tertiary/aromatic N) is 1. The van der Waals surface area contributed by atoms with E-state index in [9.17, 15) is 0 Å². The van der Waals surface area contributed by atoms with E-state index in [4.69, 9.17) is 14.5 Å². The average Bonchev–Trinajstić information content (AvgIpc) is 3.10. The fraction of sp³-hybridized carbons (Fsp3) is 0.211. The summed E-state index contributed by atoms with van der Waals surface area (Å²) in [5.74, 6) is 1.44. The summed E-state index contributed by atoms with van der Waals surface area (Å²) in [7, 11) is 3.30. The first-order chi connectivity index (χ1) is 11.3. The van der Waals surface area contributed by atoms with Gasteiger partial charge in [0.05, 0.1) is 25.5 Å². The van der Waals surface area contributed by atoms with Gasteiger partial charge >= 0.3 is 0 Å². The summed E-state index contributed by atoms with van der Waals surface area (Å²) in [5, 5.41) is 3.00. The zero-order valence-electron chi connectivity index (χ0n) is 13.5. The molecule has 0 unspecified atom stereocenters. The molecule has 0 radical (unpaired) electrons. The van der Waals surface area contributed by atoms with E-state index in [0.29, 0.717) is 5.75 Å². The van der Waals surface area contributed by atoms with E-state index in [0.717, 1.165) is 34.0 Å². The van der Waals surface area contributed by atoms with Crippen LogP contribution >= 0.6 is 11.3 Å². The molecule has 0 aliphatic carbocycles. The Balaban J connectivity index is 1.98. The van der Waals surface area contributed by atoms with Crippen LogP contribution in [0.15, 0.2) is 47.8 Å². The van der Waals surface area contributed by atoms with Gasteiger partial charge in [0, 0.05) is 10.9 Å². The molecule has 4 heteroatoms. The number of aromatic nitrogens is 1. The summed E-state index contributed by atoms with van der Waals surface area (Å²) >= 11 is 1.61. The maximum absolute atomic E-state index is 5.51. The number of hydrogen-bond acceptors (Lipinski definition) is 4. The molecule has 0 atom stereocenters. The largest absolute Gasteiger partial charge is 0.493 e. The molecule has 0 N–H and O–H groups in total. The van der Waals surface area contributed by atoms with Gasteiger partial charge in [-0.05, 0) is 24.1 Å². The van der Waals surface area contributed by atoms with Crippen LogP contribution in [0, 0.1) is 0 Å². The van der Waals surface area contributed by atoms with Gasteiger partial charge in [-0.25, -0.2) is 4.98 Å². The van der Waals surface area contributed by atoms with Crippen molar-refractivity contribution in [1.82, 2.24) is 4.98 Å². The van der Waals surface area contributed by atoms with Gasteiger partial charge in [-0.3, -0.25) is 0 Å². The minimum Gasteiger partial charge on any atom is -0.493 e. The molecule has 1 aromatic heterocycles. The summed E-state index contributed by atoms with van der Waals surface area (Å²) in [4.78, 5) is 4.77. The van der Waals surface area contributed by atoms with Crippen molar-refractivity contribution in [2.45, 2.75) is 13.3 Å². The van der Waals surface area contributed by atoms with Gasteiger partial charge in [0.2, 0.25) is 0 Å². The van der Waals surface area contributed by atoms with E-state index in [1.165, 1.54) is 5.56 Å². The van der Waals surface area contributed by atoms with E-state index in [1.807, 2.05) is 18.2 Å². The molecule has 2 aromatic carbocycles. The summed E-state index contributed by atoms with van der Waals surface area (Å²) in [6.07, 6.45) is 1.05. The van der Waals surface area contributed by atoms with E-state index < -0.39 is 0 Å². The third kappa shape index (κ3) is 3.08. The summed E-state index contributed by atoms with van der Waals surface area (Å²) in [6, 6.07) is 14.4. The Morgan fingerprint density at radius 2 is 1.78 bits per heavy atom. The van der Waals surface area contributed by atoms with Gasteiger partial charge in [-0.2, -0.15) is 0 Å². The van der Waals surface area contributed by atoms with E-state index in [2.05, 4.69) is 36.6 Å². The minimum atomic E-state index is 0.717. The molecular weight excluding hydrogens is 306 g/mol. The van der Waals surface area contributed by atoms with E-state index >= 15 is 0 Å². The van der Waals surface area contributed by atoms with Crippen molar-refractivity contribution in [1.29, 1.82) is 0 Å². The Hall–Kier alpha value is -2.33. The fourth-order valence-corrected chi connectivity index (χ4v) is 3.35. The maximum atomic E-state index is 5.51. The number of ether oxygens (including phenoxy) is 2. The smallest absolute Gasteiger partial charge is 0.170 e. The molecule has 0 saturated heterocycles. The molecule has 0 aliphatic heterocycles. The van der Waals surface area contributed by atoms with Gasteiger partial charge in [-0.1, -0.05) is 37.3 Å². The lowest BCUT2D eigenvalue weighted by Gasteiger charge is -2.10. The molecule has 118 valence electrons. The predicted molar refractivity (Wildman–Crippen MR) is 95.5 cm³/mol. The lowest BCUT2D eigenvalue weighted by molar-refractivity contribution is 0.356. The van der Waals surface area contributed by atoms with Crippen LogP contribution in [0.5, 0.6) is 11.5 Å². The van der Waals surface area contributed by atoms with Gasteiger partial charge < -0.3 is 9.47 Å². The van der Waals surface area contributed by atoms with Crippen LogP contribution in [0.25, 0.3) is 21.8 Å². The zero-order chi connectivity index (χ0) is 16.2. The van der Waals surface area contributed by atoms with Crippen LogP contribution in [-0.4, -0.2) is 19.2 Å². The molecule has 0 aliphatic rings.